The van der Waals surface area contributed by atoms with Crippen molar-refractivity contribution in [3.05, 3.63) is 65.3 Å². The molecular formula is C20H19ClF2N6. The zero-order chi connectivity index (χ0) is 21.1. The van der Waals surface area contributed by atoms with Crippen molar-refractivity contribution in [1.82, 2.24) is 19.5 Å². The zero-order valence-corrected chi connectivity index (χ0v) is 16.5. The zero-order valence-electron chi connectivity index (χ0n) is 15.8. The van der Waals surface area contributed by atoms with Crippen LogP contribution in [0.5, 0.6) is 0 Å². The molecule has 0 aliphatic rings. The van der Waals surface area contributed by atoms with Crippen LogP contribution in [0.3, 0.4) is 0 Å². The Hall–Kier alpha value is -2.94. The number of nitrogens with two attached hydrogens (primary N) is 2. The van der Waals surface area contributed by atoms with Crippen LogP contribution < -0.4 is 11.7 Å². The van der Waals surface area contributed by atoms with E-state index in [0.717, 1.165) is 5.56 Å². The number of benzene rings is 2. The molecule has 0 aliphatic carbocycles. The van der Waals surface area contributed by atoms with Gasteiger partial charge in [-0.05, 0) is 38.1 Å². The van der Waals surface area contributed by atoms with E-state index in [2.05, 4.69) is 26.6 Å². The number of hydrogen-bond donors (Lipinski definition) is 2. The van der Waals surface area contributed by atoms with Crippen LogP contribution in [0.2, 0.25) is 5.02 Å². The maximum absolute atomic E-state index is 14.2. The molecular weight excluding hydrogens is 398 g/mol. The van der Waals surface area contributed by atoms with Crippen molar-refractivity contribution in [1.29, 1.82) is 0 Å². The van der Waals surface area contributed by atoms with Gasteiger partial charge in [-0.1, -0.05) is 29.8 Å². The molecule has 2 aromatic heterocycles. The average molecular weight is 417 g/mol. The molecule has 0 spiro atoms. The van der Waals surface area contributed by atoms with Gasteiger partial charge in [0.15, 0.2) is 11.5 Å². The lowest BCUT2D eigenvalue weighted by molar-refractivity contribution is 0.587. The molecule has 0 radical (unpaired) electrons. The maximum atomic E-state index is 14.2. The molecule has 0 amide bonds. The van der Waals surface area contributed by atoms with Crippen LogP contribution in [0.15, 0.2) is 48.7 Å². The minimum absolute atomic E-state index is 0.00510. The van der Waals surface area contributed by atoms with Gasteiger partial charge in [0, 0.05) is 11.6 Å². The highest BCUT2D eigenvalue weighted by Gasteiger charge is 2.21. The van der Waals surface area contributed by atoms with E-state index in [1.54, 1.807) is 6.07 Å². The number of aromatic nitrogens is 4. The van der Waals surface area contributed by atoms with Gasteiger partial charge in [0.1, 0.15) is 23.0 Å². The number of hydrogen-bond acceptors (Lipinski definition) is 5. The number of fused-ring (bicyclic) bond motifs is 1. The summed E-state index contributed by atoms with van der Waals surface area (Å²) >= 11 is 6.34. The highest BCUT2D eigenvalue weighted by atomic mass is 35.5. The van der Waals surface area contributed by atoms with Gasteiger partial charge < -0.3 is 4.57 Å². The predicted octanol–water partition coefficient (Wildman–Crippen LogP) is 4.49. The van der Waals surface area contributed by atoms with Crippen LogP contribution in [0.25, 0.3) is 33.9 Å². The lowest BCUT2D eigenvalue weighted by Crippen LogP contribution is -2.05. The van der Waals surface area contributed by atoms with E-state index in [9.17, 15) is 8.78 Å². The van der Waals surface area contributed by atoms with Crippen molar-refractivity contribution < 1.29 is 8.78 Å². The molecule has 0 bridgehead atoms. The second-order valence-corrected chi connectivity index (χ2v) is 6.79. The van der Waals surface area contributed by atoms with Crippen molar-refractivity contribution >= 4 is 22.8 Å². The molecule has 0 aliphatic heterocycles. The van der Waals surface area contributed by atoms with Crippen LogP contribution in [0.4, 0.5) is 8.78 Å². The molecule has 0 saturated heterocycles. The van der Waals surface area contributed by atoms with Gasteiger partial charge >= 0.3 is 0 Å². The SMILES string of the molecule is CC(C)n1c(-c2ccccc2Cl)nc2cnc(-c3c(F)cccc3F)nc21.NN. The second kappa shape index (κ2) is 8.60. The van der Waals surface area contributed by atoms with E-state index in [1.807, 2.05) is 36.6 Å². The van der Waals surface area contributed by atoms with E-state index < -0.39 is 11.6 Å². The smallest absolute Gasteiger partial charge is 0.167 e. The molecule has 0 saturated carbocycles. The largest absolute Gasteiger partial charge is 0.306 e. The normalized spacial score (nSPS) is 10.9. The number of halogens is 3. The Bertz CT molecular complexity index is 1140. The Morgan fingerprint density at radius 3 is 2.24 bits per heavy atom. The van der Waals surface area contributed by atoms with Crippen molar-refractivity contribution in [3.63, 3.8) is 0 Å². The first-order valence-electron chi connectivity index (χ1n) is 8.75. The number of nitrogens with zero attached hydrogens (tertiary/aromatic N) is 4. The molecule has 4 N–H and O–H groups in total. The highest BCUT2D eigenvalue weighted by Crippen LogP contribution is 2.33. The number of hydrazine groups is 1. The fourth-order valence-corrected chi connectivity index (χ4v) is 3.26. The molecule has 6 nitrogen and oxygen atoms in total. The fraction of sp³-hybridized carbons (Fsp3) is 0.150. The minimum atomic E-state index is -0.712. The first kappa shape index (κ1) is 20.8. The summed E-state index contributed by atoms with van der Waals surface area (Å²) in [5, 5.41) is 0.558. The quantitative estimate of drug-likeness (QED) is 0.379. The summed E-state index contributed by atoms with van der Waals surface area (Å²) in [6.07, 6.45) is 1.47. The summed E-state index contributed by atoms with van der Waals surface area (Å²) in [5.74, 6) is 7.18. The monoisotopic (exact) mass is 416 g/mol. The van der Waals surface area contributed by atoms with E-state index in [1.165, 1.54) is 24.4 Å². The third-order valence-corrected chi connectivity index (χ3v) is 4.58. The second-order valence-electron chi connectivity index (χ2n) is 6.38. The lowest BCUT2D eigenvalue weighted by atomic mass is 10.2. The summed E-state index contributed by atoms with van der Waals surface area (Å²) in [6.45, 7) is 3.96. The van der Waals surface area contributed by atoms with Crippen LogP contribution in [0, 0.1) is 11.6 Å². The molecule has 4 aromatic rings. The first-order chi connectivity index (χ1) is 14.0. The molecule has 0 atom stereocenters. The summed E-state index contributed by atoms with van der Waals surface area (Å²) in [4.78, 5) is 13.2. The van der Waals surface area contributed by atoms with E-state index in [0.29, 0.717) is 22.0 Å². The minimum Gasteiger partial charge on any atom is -0.306 e. The first-order valence-corrected chi connectivity index (χ1v) is 9.12. The van der Waals surface area contributed by atoms with Gasteiger partial charge in [-0.25, -0.2) is 23.7 Å². The summed E-state index contributed by atoms with van der Waals surface area (Å²) in [6, 6.07) is 11.0. The summed E-state index contributed by atoms with van der Waals surface area (Å²) in [7, 11) is 0. The van der Waals surface area contributed by atoms with Gasteiger partial charge in [-0.3, -0.25) is 11.7 Å². The Kier molecular flexibility index (Phi) is 6.17. The Morgan fingerprint density at radius 2 is 1.62 bits per heavy atom. The summed E-state index contributed by atoms with van der Waals surface area (Å²) in [5.41, 5.74) is 1.52. The average Bonchev–Trinajstić information content (AvgIpc) is 3.08. The molecule has 4 rings (SSSR count). The van der Waals surface area contributed by atoms with Crippen molar-refractivity contribution in [2.24, 2.45) is 11.7 Å². The predicted molar refractivity (Wildman–Crippen MR) is 110 cm³/mol. The molecule has 29 heavy (non-hydrogen) atoms. The summed E-state index contributed by atoms with van der Waals surface area (Å²) < 4.78 is 30.2. The standard InChI is InChI=1S/C20H15ClF2N4.H4N2/c1-11(2)27-19(12-6-3-4-7-13(12)21)25-16-10-24-18(26-20(16)27)17-14(22)8-5-9-15(17)23;1-2/h3-11H,1-2H3;1-2H2. The molecule has 150 valence electrons. The van der Waals surface area contributed by atoms with Gasteiger partial charge in [-0.15, -0.1) is 0 Å². The number of rotatable bonds is 3. The fourth-order valence-electron chi connectivity index (χ4n) is 3.04. The Labute approximate surface area is 171 Å². The van der Waals surface area contributed by atoms with Gasteiger partial charge in [0.25, 0.3) is 0 Å². The van der Waals surface area contributed by atoms with E-state index >= 15 is 0 Å². The Morgan fingerprint density at radius 1 is 0.966 bits per heavy atom. The van der Waals surface area contributed by atoms with Crippen LogP contribution in [-0.2, 0) is 0 Å². The van der Waals surface area contributed by atoms with Gasteiger partial charge in [0.05, 0.1) is 16.8 Å². The van der Waals surface area contributed by atoms with Crippen molar-refractivity contribution in [2.75, 3.05) is 0 Å². The maximum Gasteiger partial charge on any atom is 0.167 e. The topological polar surface area (TPSA) is 95.6 Å². The lowest BCUT2D eigenvalue weighted by Gasteiger charge is -2.13. The Balaban J connectivity index is 0.00000117. The third kappa shape index (κ3) is 3.82. The van der Waals surface area contributed by atoms with Crippen LogP contribution in [0.1, 0.15) is 19.9 Å². The van der Waals surface area contributed by atoms with E-state index in [-0.39, 0.29) is 17.4 Å². The molecule has 9 heteroatoms. The molecule has 0 fully saturated rings. The third-order valence-electron chi connectivity index (χ3n) is 4.25. The number of imidazole rings is 1. The highest BCUT2D eigenvalue weighted by molar-refractivity contribution is 6.33. The van der Waals surface area contributed by atoms with Crippen LogP contribution in [-0.4, -0.2) is 19.5 Å². The molecule has 0 unspecified atom stereocenters. The van der Waals surface area contributed by atoms with Crippen LogP contribution >= 0.6 is 11.6 Å². The van der Waals surface area contributed by atoms with Crippen molar-refractivity contribution in [2.45, 2.75) is 19.9 Å². The van der Waals surface area contributed by atoms with Gasteiger partial charge in [0.2, 0.25) is 0 Å². The molecule has 2 heterocycles. The van der Waals surface area contributed by atoms with Crippen molar-refractivity contribution in [3.8, 4) is 22.8 Å². The van der Waals surface area contributed by atoms with Gasteiger partial charge in [-0.2, -0.15) is 0 Å². The van der Waals surface area contributed by atoms with E-state index in [4.69, 9.17) is 11.6 Å². The molecule has 2 aromatic carbocycles.